The minimum atomic E-state index is -0.474. The van der Waals surface area contributed by atoms with Crippen LogP contribution in [0, 0.1) is 5.95 Å². The van der Waals surface area contributed by atoms with E-state index in [1.807, 2.05) is 0 Å². The topological polar surface area (TPSA) is 25.4 Å². The summed E-state index contributed by atoms with van der Waals surface area (Å²) in [6.45, 7) is 1.79. The highest BCUT2D eigenvalue weighted by Crippen LogP contribution is 2.16. The van der Waals surface area contributed by atoms with Crippen LogP contribution < -0.4 is 4.74 Å². The number of ether oxygens (including phenoxy) is 1. The van der Waals surface area contributed by atoms with Gasteiger partial charge in [0.15, 0.2) is 0 Å². The summed E-state index contributed by atoms with van der Waals surface area (Å²) in [6.07, 6.45) is 2.58. The predicted molar refractivity (Wildman–Crippen MR) is 50.7 cm³/mol. The minimum Gasteiger partial charge on any atom is -0.490 e. The van der Waals surface area contributed by atoms with E-state index >= 15 is 0 Å². The highest BCUT2D eigenvalue weighted by atomic mass is 19.1. The molecule has 2 heterocycles. The van der Waals surface area contributed by atoms with Crippen molar-refractivity contribution in [1.29, 1.82) is 0 Å². The summed E-state index contributed by atoms with van der Waals surface area (Å²) in [4.78, 5) is 5.75. The summed E-state index contributed by atoms with van der Waals surface area (Å²) in [5, 5.41) is 0. The maximum absolute atomic E-state index is 12.5. The highest BCUT2D eigenvalue weighted by molar-refractivity contribution is 5.16. The fraction of sp³-hybridized carbons (Fsp3) is 0.500. The van der Waals surface area contributed by atoms with Crippen molar-refractivity contribution in [2.24, 2.45) is 0 Å². The van der Waals surface area contributed by atoms with E-state index in [1.165, 1.54) is 18.7 Å². The molecule has 76 valence electrons. The van der Waals surface area contributed by atoms with E-state index in [0.29, 0.717) is 18.4 Å². The van der Waals surface area contributed by atoms with Gasteiger partial charge in [-0.05, 0) is 32.1 Å². The van der Waals surface area contributed by atoms with Crippen molar-refractivity contribution in [1.82, 2.24) is 9.88 Å². The molecule has 1 atom stereocenters. The maximum Gasteiger partial charge on any atom is 0.213 e. The van der Waals surface area contributed by atoms with Gasteiger partial charge in [-0.2, -0.15) is 4.39 Å². The average Bonchev–Trinajstić information content (AvgIpc) is 2.19. The summed E-state index contributed by atoms with van der Waals surface area (Å²) < 4.78 is 17.9. The van der Waals surface area contributed by atoms with E-state index in [2.05, 4.69) is 16.9 Å². The minimum absolute atomic E-state index is 0.474. The van der Waals surface area contributed by atoms with Gasteiger partial charge in [-0.1, -0.05) is 0 Å². The van der Waals surface area contributed by atoms with Crippen LogP contribution >= 0.6 is 0 Å². The third kappa shape index (κ3) is 2.01. The Hall–Kier alpha value is -1.16. The molecule has 4 heteroatoms. The van der Waals surface area contributed by atoms with E-state index in [9.17, 15) is 4.39 Å². The summed E-state index contributed by atoms with van der Waals surface area (Å²) in [7, 11) is 2.07. The van der Waals surface area contributed by atoms with Crippen molar-refractivity contribution in [3.63, 3.8) is 0 Å². The summed E-state index contributed by atoms with van der Waals surface area (Å²) in [5.74, 6) is 0.157. The van der Waals surface area contributed by atoms with Crippen molar-refractivity contribution in [2.45, 2.75) is 12.5 Å². The molecular weight excluding hydrogens is 183 g/mol. The maximum atomic E-state index is 12.5. The molecule has 0 N–H and O–H groups in total. The van der Waals surface area contributed by atoms with Gasteiger partial charge in [0, 0.05) is 6.04 Å². The third-order valence-corrected chi connectivity index (χ3v) is 2.58. The van der Waals surface area contributed by atoms with E-state index in [1.54, 1.807) is 6.07 Å². The molecule has 1 unspecified atom stereocenters. The van der Waals surface area contributed by atoms with Crippen molar-refractivity contribution in [3.05, 3.63) is 24.3 Å². The molecule has 1 saturated heterocycles. The quantitative estimate of drug-likeness (QED) is 0.681. The van der Waals surface area contributed by atoms with Gasteiger partial charge in [0.2, 0.25) is 5.95 Å². The summed E-state index contributed by atoms with van der Waals surface area (Å²) in [6, 6.07) is 3.40. The first-order valence-corrected chi connectivity index (χ1v) is 4.70. The Labute approximate surface area is 82.5 Å². The molecule has 0 spiro atoms. The number of pyridine rings is 1. The van der Waals surface area contributed by atoms with Crippen LogP contribution in [0.15, 0.2) is 18.3 Å². The Kier molecular flexibility index (Phi) is 2.63. The lowest BCUT2D eigenvalue weighted by Gasteiger charge is -2.37. The molecule has 0 saturated carbocycles. The molecule has 1 aliphatic rings. The molecule has 1 aromatic rings. The Balaban J connectivity index is 1.83. The fourth-order valence-corrected chi connectivity index (χ4v) is 1.42. The first-order valence-electron chi connectivity index (χ1n) is 4.70. The second kappa shape index (κ2) is 3.92. The molecule has 2 rings (SSSR count). The molecular formula is C10H13FN2O. The van der Waals surface area contributed by atoms with E-state index in [0.717, 1.165) is 6.54 Å². The monoisotopic (exact) mass is 196 g/mol. The number of aromatic nitrogens is 1. The fourth-order valence-electron chi connectivity index (χ4n) is 1.42. The Bertz CT molecular complexity index is 301. The van der Waals surface area contributed by atoms with Crippen molar-refractivity contribution in [2.75, 3.05) is 20.2 Å². The second-order valence-corrected chi connectivity index (χ2v) is 3.55. The van der Waals surface area contributed by atoms with Gasteiger partial charge in [-0.15, -0.1) is 0 Å². The van der Waals surface area contributed by atoms with Crippen LogP contribution in [0.4, 0.5) is 4.39 Å². The molecule has 0 aliphatic carbocycles. The van der Waals surface area contributed by atoms with Crippen LogP contribution in [0.5, 0.6) is 5.75 Å². The SMILES string of the molecule is CN1CCC1COc1ccc(F)nc1. The van der Waals surface area contributed by atoms with Crippen molar-refractivity contribution < 1.29 is 9.13 Å². The number of likely N-dealkylation sites (N-methyl/N-ethyl adjacent to an activating group) is 1. The Morgan fingerprint density at radius 2 is 2.50 bits per heavy atom. The van der Waals surface area contributed by atoms with Crippen LogP contribution in [0.3, 0.4) is 0 Å². The lowest BCUT2D eigenvalue weighted by Crippen LogP contribution is -2.48. The van der Waals surface area contributed by atoms with Crippen molar-refractivity contribution in [3.8, 4) is 5.75 Å². The van der Waals surface area contributed by atoms with Gasteiger partial charge in [-0.3, -0.25) is 4.90 Å². The number of halogens is 1. The zero-order chi connectivity index (χ0) is 9.97. The molecule has 3 nitrogen and oxygen atoms in total. The molecule has 0 bridgehead atoms. The first-order chi connectivity index (χ1) is 6.75. The number of hydrogen-bond donors (Lipinski definition) is 0. The number of nitrogens with zero attached hydrogens (tertiary/aromatic N) is 2. The Morgan fingerprint density at radius 3 is 3.00 bits per heavy atom. The smallest absolute Gasteiger partial charge is 0.213 e. The van der Waals surface area contributed by atoms with Gasteiger partial charge >= 0.3 is 0 Å². The van der Waals surface area contributed by atoms with Crippen LogP contribution in [0.25, 0.3) is 0 Å². The largest absolute Gasteiger partial charge is 0.490 e. The van der Waals surface area contributed by atoms with Gasteiger partial charge in [0.25, 0.3) is 0 Å². The number of rotatable bonds is 3. The molecule has 0 amide bonds. The van der Waals surface area contributed by atoms with Crippen molar-refractivity contribution >= 4 is 0 Å². The molecule has 1 fully saturated rings. The van der Waals surface area contributed by atoms with Gasteiger partial charge in [0.05, 0.1) is 6.20 Å². The molecule has 1 aliphatic heterocycles. The lowest BCUT2D eigenvalue weighted by atomic mass is 10.1. The molecule has 1 aromatic heterocycles. The van der Waals surface area contributed by atoms with Gasteiger partial charge in [0.1, 0.15) is 12.4 Å². The number of hydrogen-bond acceptors (Lipinski definition) is 3. The van der Waals surface area contributed by atoms with Gasteiger partial charge in [-0.25, -0.2) is 4.98 Å². The average molecular weight is 196 g/mol. The van der Waals surface area contributed by atoms with Crippen LogP contribution in [0.2, 0.25) is 0 Å². The Morgan fingerprint density at radius 1 is 1.64 bits per heavy atom. The molecule has 14 heavy (non-hydrogen) atoms. The van der Waals surface area contributed by atoms with Gasteiger partial charge < -0.3 is 4.74 Å². The van der Waals surface area contributed by atoms with E-state index in [4.69, 9.17) is 4.74 Å². The van der Waals surface area contributed by atoms with Crippen LogP contribution in [0.1, 0.15) is 6.42 Å². The summed E-state index contributed by atoms with van der Waals surface area (Å²) >= 11 is 0. The normalized spacial score (nSPS) is 21.7. The highest BCUT2D eigenvalue weighted by Gasteiger charge is 2.24. The third-order valence-electron chi connectivity index (χ3n) is 2.58. The van der Waals surface area contributed by atoms with E-state index < -0.39 is 5.95 Å². The second-order valence-electron chi connectivity index (χ2n) is 3.55. The summed E-state index contributed by atoms with van der Waals surface area (Å²) in [5.41, 5.74) is 0. The standard InChI is InChI=1S/C10H13FN2O/c1-13-5-4-8(13)7-14-9-2-3-10(11)12-6-9/h2-3,6,8H,4-5,7H2,1H3. The van der Waals surface area contributed by atoms with Crippen LogP contribution in [-0.4, -0.2) is 36.1 Å². The zero-order valence-electron chi connectivity index (χ0n) is 8.11. The molecule has 0 aromatic carbocycles. The lowest BCUT2D eigenvalue weighted by molar-refractivity contribution is 0.0767. The molecule has 0 radical (unpaired) electrons. The number of likely N-dealkylation sites (tertiary alicyclic amines) is 1. The zero-order valence-corrected chi connectivity index (χ0v) is 8.11. The predicted octanol–water partition coefficient (Wildman–Crippen LogP) is 1.30. The van der Waals surface area contributed by atoms with Crippen LogP contribution in [-0.2, 0) is 0 Å². The first kappa shape index (κ1) is 9.40. The van der Waals surface area contributed by atoms with E-state index in [-0.39, 0.29) is 0 Å².